The molecule has 20 heavy (non-hydrogen) atoms. The zero-order valence-corrected chi connectivity index (χ0v) is 12.4. The van der Waals surface area contributed by atoms with E-state index < -0.39 is 11.5 Å². The minimum absolute atomic E-state index is 0.251. The fraction of sp³-hybridized carbons (Fsp3) is 0.857. The number of aliphatic carboxylic acids is 1. The first kappa shape index (κ1) is 15.1. The number of carbonyl (C=O) groups excluding carboxylic acids is 1. The Bertz CT molecular complexity index is 376. The Labute approximate surface area is 120 Å². The maximum Gasteiger partial charge on any atom is 0.329 e. The Morgan fingerprint density at radius 2 is 1.85 bits per heavy atom. The van der Waals surface area contributed by atoms with Crippen molar-refractivity contribution in [2.75, 3.05) is 26.2 Å². The Balaban J connectivity index is 1.86. The van der Waals surface area contributed by atoms with Crippen LogP contribution in [0.15, 0.2) is 0 Å². The van der Waals surface area contributed by atoms with Crippen molar-refractivity contribution in [2.24, 2.45) is 0 Å². The lowest BCUT2D eigenvalue weighted by molar-refractivity contribution is -0.144. The van der Waals surface area contributed by atoms with Gasteiger partial charge in [0.15, 0.2) is 0 Å². The molecule has 2 amide bonds. The summed E-state index contributed by atoms with van der Waals surface area (Å²) in [5.74, 6) is -0.968. The summed E-state index contributed by atoms with van der Waals surface area (Å²) in [5.41, 5.74) is -1.17. The molecule has 1 aliphatic heterocycles. The van der Waals surface area contributed by atoms with E-state index >= 15 is 0 Å². The number of hydrogen-bond donors (Lipinski definition) is 2. The molecular weight excluding hydrogens is 258 g/mol. The third kappa shape index (κ3) is 3.42. The third-order valence-electron chi connectivity index (χ3n) is 4.27. The molecule has 2 aliphatic rings. The van der Waals surface area contributed by atoms with E-state index in [0.717, 1.165) is 25.6 Å². The Kier molecular flexibility index (Phi) is 4.52. The van der Waals surface area contributed by atoms with Gasteiger partial charge in [0.05, 0.1) is 0 Å². The number of nitrogens with one attached hydrogen (secondary N) is 1. The van der Waals surface area contributed by atoms with Crippen LogP contribution in [-0.2, 0) is 4.79 Å². The predicted octanol–water partition coefficient (Wildman–Crippen LogP) is 1.12. The van der Waals surface area contributed by atoms with Crippen molar-refractivity contribution in [3.63, 3.8) is 0 Å². The summed E-state index contributed by atoms with van der Waals surface area (Å²) in [5, 5.41) is 12.0. The van der Waals surface area contributed by atoms with Crippen molar-refractivity contribution in [3.8, 4) is 0 Å². The SMILES string of the molecule is CCCC(C)(NC(=O)N1CCN(C2CC2)CC1)C(=O)O. The molecule has 1 heterocycles. The standard InChI is InChI=1S/C14H25N3O3/c1-3-6-14(2,12(18)19)15-13(20)17-9-7-16(8-10-17)11-4-5-11/h11H,3-10H2,1-2H3,(H,15,20)(H,18,19). The summed E-state index contributed by atoms with van der Waals surface area (Å²) in [7, 11) is 0. The number of piperazine rings is 1. The highest BCUT2D eigenvalue weighted by atomic mass is 16.4. The minimum Gasteiger partial charge on any atom is -0.480 e. The molecule has 0 aromatic carbocycles. The van der Waals surface area contributed by atoms with Gasteiger partial charge < -0.3 is 15.3 Å². The fourth-order valence-corrected chi connectivity index (χ4v) is 2.77. The lowest BCUT2D eigenvalue weighted by Gasteiger charge is -2.37. The normalized spacial score (nSPS) is 23.2. The minimum atomic E-state index is -1.17. The zero-order valence-electron chi connectivity index (χ0n) is 12.4. The number of amides is 2. The van der Waals surface area contributed by atoms with Crippen molar-refractivity contribution in [1.29, 1.82) is 0 Å². The van der Waals surface area contributed by atoms with Gasteiger partial charge in [-0.1, -0.05) is 13.3 Å². The van der Waals surface area contributed by atoms with E-state index in [1.54, 1.807) is 11.8 Å². The average Bonchev–Trinajstić information content (AvgIpc) is 3.23. The van der Waals surface area contributed by atoms with Crippen LogP contribution in [0.4, 0.5) is 4.79 Å². The van der Waals surface area contributed by atoms with Crippen LogP contribution in [0.3, 0.4) is 0 Å². The molecule has 0 spiro atoms. The molecule has 0 aromatic rings. The zero-order chi connectivity index (χ0) is 14.8. The Morgan fingerprint density at radius 3 is 2.30 bits per heavy atom. The Morgan fingerprint density at radius 1 is 1.25 bits per heavy atom. The molecule has 0 radical (unpaired) electrons. The quantitative estimate of drug-likeness (QED) is 0.793. The molecule has 6 heteroatoms. The summed E-state index contributed by atoms with van der Waals surface area (Å²) in [6.07, 6.45) is 3.72. The van der Waals surface area contributed by atoms with Gasteiger partial charge in [-0.2, -0.15) is 0 Å². The average molecular weight is 283 g/mol. The molecule has 2 fully saturated rings. The molecule has 1 saturated heterocycles. The van der Waals surface area contributed by atoms with E-state index in [4.69, 9.17) is 0 Å². The maximum atomic E-state index is 12.2. The number of rotatable bonds is 5. The van der Waals surface area contributed by atoms with Gasteiger partial charge in [0.1, 0.15) is 5.54 Å². The molecule has 0 bridgehead atoms. The molecule has 2 N–H and O–H groups in total. The summed E-state index contributed by atoms with van der Waals surface area (Å²) in [4.78, 5) is 27.7. The summed E-state index contributed by atoms with van der Waals surface area (Å²) < 4.78 is 0. The second-order valence-corrected chi connectivity index (χ2v) is 6.07. The van der Waals surface area contributed by atoms with Crippen molar-refractivity contribution in [2.45, 2.75) is 51.1 Å². The van der Waals surface area contributed by atoms with Gasteiger partial charge in [0, 0.05) is 32.2 Å². The lowest BCUT2D eigenvalue weighted by Crippen LogP contribution is -2.59. The summed E-state index contributed by atoms with van der Waals surface area (Å²) in [6.45, 7) is 6.67. The van der Waals surface area contributed by atoms with Crippen LogP contribution in [0.1, 0.15) is 39.5 Å². The summed E-state index contributed by atoms with van der Waals surface area (Å²) >= 11 is 0. The third-order valence-corrected chi connectivity index (χ3v) is 4.27. The smallest absolute Gasteiger partial charge is 0.329 e. The van der Waals surface area contributed by atoms with Crippen molar-refractivity contribution in [1.82, 2.24) is 15.1 Å². The van der Waals surface area contributed by atoms with E-state index in [0.29, 0.717) is 19.5 Å². The van der Waals surface area contributed by atoms with Crippen LogP contribution < -0.4 is 5.32 Å². The monoisotopic (exact) mass is 283 g/mol. The van der Waals surface area contributed by atoms with E-state index in [9.17, 15) is 14.7 Å². The molecule has 1 unspecified atom stereocenters. The lowest BCUT2D eigenvalue weighted by atomic mass is 9.96. The van der Waals surface area contributed by atoms with Crippen LogP contribution in [-0.4, -0.2) is 64.7 Å². The van der Waals surface area contributed by atoms with Gasteiger partial charge in [-0.15, -0.1) is 0 Å². The Hall–Kier alpha value is -1.30. The van der Waals surface area contributed by atoms with Gasteiger partial charge >= 0.3 is 12.0 Å². The van der Waals surface area contributed by atoms with Gasteiger partial charge in [0.25, 0.3) is 0 Å². The van der Waals surface area contributed by atoms with Crippen molar-refractivity contribution >= 4 is 12.0 Å². The maximum absolute atomic E-state index is 12.2. The van der Waals surface area contributed by atoms with E-state index in [2.05, 4.69) is 10.2 Å². The topological polar surface area (TPSA) is 72.9 Å². The number of hydrogen-bond acceptors (Lipinski definition) is 3. The van der Waals surface area contributed by atoms with Crippen LogP contribution in [0.25, 0.3) is 0 Å². The highest BCUT2D eigenvalue weighted by Gasteiger charge is 2.37. The van der Waals surface area contributed by atoms with Crippen molar-refractivity contribution in [3.05, 3.63) is 0 Å². The van der Waals surface area contributed by atoms with E-state index in [-0.39, 0.29) is 6.03 Å². The second-order valence-electron chi connectivity index (χ2n) is 6.07. The summed E-state index contributed by atoms with van der Waals surface area (Å²) in [6, 6.07) is 0.475. The molecule has 1 atom stereocenters. The van der Waals surface area contributed by atoms with Gasteiger partial charge in [-0.05, 0) is 26.2 Å². The first-order chi connectivity index (χ1) is 9.46. The highest BCUT2D eigenvalue weighted by Crippen LogP contribution is 2.27. The second kappa shape index (κ2) is 5.99. The van der Waals surface area contributed by atoms with E-state index in [1.165, 1.54) is 12.8 Å². The molecular formula is C14H25N3O3. The molecule has 6 nitrogen and oxygen atoms in total. The van der Waals surface area contributed by atoms with Gasteiger partial charge in [-0.25, -0.2) is 9.59 Å². The van der Waals surface area contributed by atoms with Gasteiger partial charge in [0.2, 0.25) is 0 Å². The first-order valence-electron chi connectivity index (χ1n) is 7.51. The molecule has 114 valence electrons. The van der Waals surface area contributed by atoms with Crippen LogP contribution in [0, 0.1) is 0 Å². The number of nitrogens with zero attached hydrogens (tertiary/aromatic N) is 2. The molecule has 1 saturated carbocycles. The van der Waals surface area contributed by atoms with Crippen LogP contribution >= 0.6 is 0 Å². The van der Waals surface area contributed by atoms with Crippen LogP contribution in [0.2, 0.25) is 0 Å². The van der Waals surface area contributed by atoms with Crippen molar-refractivity contribution < 1.29 is 14.7 Å². The molecule has 2 rings (SSSR count). The number of carbonyl (C=O) groups is 2. The number of carboxylic acid groups (broad SMARTS) is 1. The molecule has 0 aromatic heterocycles. The number of carboxylic acids is 1. The predicted molar refractivity (Wildman–Crippen MR) is 75.6 cm³/mol. The van der Waals surface area contributed by atoms with Crippen LogP contribution in [0.5, 0.6) is 0 Å². The number of urea groups is 1. The van der Waals surface area contributed by atoms with Gasteiger partial charge in [-0.3, -0.25) is 4.90 Å². The molecule has 1 aliphatic carbocycles. The largest absolute Gasteiger partial charge is 0.480 e. The fourth-order valence-electron chi connectivity index (χ4n) is 2.77. The first-order valence-corrected chi connectivity index (χ1v) is 7.51. The van der Waals surface area contributed by atoms with E-state index in [1.807, 2.05) is 6.92 Å². The highest BCUT2D eigenvalue weighted by molar-refractivity contribution is 5.85.